The molecule has 1 atom stereocenters. The van der Waals surface area contributed by atoms with Crippen molar-refractivity contribution in [1.82, 2.24) is 10.3 Å². The summed E-state index contributed by atoms with van der Waals surface area (Å²) in [4.78, 5) is 4.36. The van der Waals surface area contributed by atoms with Crippen LogP contribution in [-0.4, -0.2) is 17.6 Å². The Balaban J connectivity index is 1.66. The summed E-state index contributed by atoms with van der Waals surface area (Å²) in [6.07, 6.45) is 8.36. The van der Waals surface area contributed by atoms with Crippen LogP contribution in [0.25, 0.3) is 10.9 Å². The quantitative estimate of drug-likeness (QED) is 0.890. The van der Waals surface area contributed by atoms with Crippen molar-refractivity contribution in [2.24, 2.45) is 0 Å². The number of piperidine rings is 1. The maximum Gasteiger partial charge on any atom is 0.0702 e. The molecule has 18 heavy (non-hydrogen) atoms. The molecule has 3 rings (SSSR count). The Morgan fingerprint density at radius 2 is 2.22 bits per heavy atom. The Morgan fingerprint density at radius 1 is 1.22 bits per heavy atom. The third-order valence-electron chi connectivity index (χ3n) is 3.86. The van der Waals surface area contributed by atoms with Crippen molar-refractivity contribution in [2.75, 3.05) is 6.54 Å². The highest BCUT2D eigenvalue weighted by molar-refractivity contribution is 5.78. The van der Waals surface area contributed by atoms with Gasteiger partial charge in [-0.05, 0) is 56.0 Å². The predicted octanol–water partition coefficient (Wildman–Crippen LogP) is 3.31. The molecule has 2 nitrogen and oxygen atoms in total. The molecule has 0 radical (unpaired) electrons. The first-order chi connectivity index (χ1) is 8.92. The van der Waals surface area contributed by atoms with E-state index >= 15 is 0 Å². The summed E-state index contributed by atoms with van der Waals surface area (Å²) in [7, 11) is 0. The van der Waals surface area contributed by atoms with Crippen molar-refractivity contribution in [3.8, 4) is 0 Å². The fourth-order valence-electron chi connectivity index (χ4n) is 2.79. The van der Waals surface area contributed by atoms with Gasteiger partial charge in [0, 0.05) is 17.6 Å². The van der Waals surface area contributed by atoms with Crippen LogP contribution in [0.4, 0.5) is 0 Å². The van der Waals surface area contributed by atoms with Gasteiger partial charge in [0.1, 0.15) is 0 Å². The summed E-state index contributed by atoms with van der Waals surface area (Å²) in [5.41, 5.74) is 2.53. The molecule has 1 aromatic carbocycles. The van der Waals surface area contributed by atoms with Crippen molar-refractivity contribution in [3.63, 3.8) is 0 Å². The zero-order chi connectivity index (χ0) is 12.2. The fourth-order valence-corrected chi connectivity index (χ4v) is 2.79. The van der Waals surface area contributed by atoms with E-state index in [0.29, 0.717) is 0 Å². The summed E-state index contributed by atoms with van der Waals surface area (Å²) in [5, 5.41) is 4.87. The molecule has 2 heterocycles. The molecule has 1 N–H and O–H groups in total. The molecule has 1 fully saturated rings. The lowest BCUT2D eigenvalue weighted by Gasteiger charge is -2.23. The molecular weight excluding hydrogens is 220 g/mol. The molecule has 0 amide bonds. The molecule has 94 valence electrons. The van der Waals surface area contributed by atoms with E-state index in [4.69, 9.17) is 0 Å². The highest BCUT2D eigenvalue weighted by Gasteiger charge is 2.12. The first kappa shape index (κ1) is 11.7. The lowest BCUT2D eigenvalue weighted by atomic mass is 9.97. The number of aromatic nitrogens is 1. The lowest BCUT2D eigenvalue weighted by molar-refractivity contribution is 0.383. The second kappa shape index (κ2) is 5.49. The molecule has 1 aliphatic heterocycles. The van der Waals surface area contributed by atoms with Crippen LogP contribution in [0.15, 0.2) is 36.5 Å². The van der Waals surface area contributed by atoms with Gasteiger partial charge in [0.25, 0.3) is 0 Å². The summed E-state index contributed by atoms with van der Waals surface area (Å²) in [6, 6.07) is 11.5. The van der Waals surface area contributed by atoms with Crippen LogP contribution < -0.4 is 5.32 Å². The van der Waals surface area contributed by atoms with Crippen LogP contribution in [0.5, 0.6) is 0 Å². The lowest BCUT2D eigenvalue weighted by Crippen LogP contribution is -2.34. The summed E-state index contributed by atoms with van der Waals surface area (Å²) in [6.45, 7) is 1.20. The van der Waals surface area contributed by atoms with Gasteiger partial charge >= 0.3 is 0 Å². The highest BCUT2D eigenvalue weighted by atomic mass is 14.9. The predicted molar refractivity (Wildman–Crippen MR) is 75.7 cm³/mol. The topological polar surface area (TPSA) is 24.9 Å². The smallest absolute Gasteiger partial charge is 0.0702 e. The van der Waals surface area contributed by atoms with Crippen LogP contribution in [-0.2, 0) is 6.42 Å². The van der Waals surface area contributed by atoms with E-state index in [-0.39, 0.29) is 0 Å². The Morgan fingerprint density at radius 3 is 3.11 bits per heavy atom. The minimum atomic E-state index is 0.725. The summed E-state index contributed by atoms with van der Waals surface area (Å²) in [5.74, 6) is 0. The third-order valence-corrected chi connectivity index (χ3v) is 3.86. The van der Waals surface area contributed by atoms with Gasteiger partial charge in [-0.25, -0.2) is 0 Å². The average Bonchev–Trinajstić information content (AvgIpc) is 2.46. The summed E-state index contributed by atoms with van der Waals surface area (Å²) >= 11 is 0. The molecule has 0 spiro atoms. The number of nitrogens with one attached hydrogen (secondary N) is 1. The fraction of sp³-hybridized carbons (Fsp3) is 0.438. The number of aryl methyl sites for hydroxylation is 1. The Kier molecular flexibility index (Phi) is 3.56. The van der Waals surface area contributed by atoms with Gasteiger partial charge < -0.3 is 5.32 Å². The van der Waals surface area contributed by atoms with Gasteiger partial charge in [0.2, 0.25) is 0 Å². The molecule has 0 saturated carbocycles. The minimum absolute atomic E-state index is 0.725. The van der Waals surface area contributed by atoms with E-state index in [0.717, 1.165) is 11.6 Å². The molecule has 1 aliphatic rings. The third kappa shape index (κ3) is 2.70. The average molecular weight is 240 g/mol. The van der Waals surface area contributed by atoms with Crippen molar-refractivity contribution in [2.45, 2.75) is 38.1 Å². The van der Waals surface area contributed by atoms with Gasteiger partial charge in [-0.3, -0.25) is 4.98 Å². The van der Waals surface area contributed by atoms with Gasteiger partial charge in [0.15, 0.2) is 0 Å². The normalized spacial score (nSPS) is 20.1. The van der Waals surface area contributed by atoms with E-state index in [1.54, 1.807) is 0 Å². The molecule has 1 unspecified atom stereocenters. The number of pyridine rings is 1. The molecule has 1 aromatic heterocycles. The highest BCUT2D eigenvalue weighted by Crippen LogP contribution is 2.17. The van der Waals surface area contributed by atoms with Crippen LogP contribution in [0.2, 0.25) is 0 Å². The number of hydrogen-bond donors (Lipinski definition) is 1. The molecular formula is C16H20N2. The van der Waals surface area contributed by atoms with E-state index in [1.165, 1.54) is 49.6 Å². The number of hydrogen-bond acceptors (Lipinski definition) is 2. The summed E-state index contributed by atoms with van der Waals surface area (Å²) < 4.78 is 0. The first-order valence-corrected chi connectivity index (χ1v) is 6.99. The monoisotopic (exact) mass is 240 g/mol. The van der Waals surface area contributed by atoms with Crippen molar-refractivity contribution >= 4 is 10.9 Å². The first-order valence-electron chi connectivity index (χ1n) is 6.99. The zero-order valence-corrected chi connectivity index (χ0v) is 10.7. The van der Waals surface area contributed by atoms with Gasteiger partial charge in [-0.15, -0.1) is 0 Å². The van der Waals surface area contributed by atoms with E-state index in [9.17, 15) is 0 Å². The number of nitrogens with zero attached hydrogens (tertiary/aromatic N) is 1. The molecule has 2 heteroatoms. The van der Waals surface area contributed by atoms with E-state index < -0.39 is 0 Å². The van der Waals surface area contributed by atoms with Crippen LogP contribution in [0.3, 0.4) is 0 Å². The van der Waals surface area contributed by atoms with Crippen molar-refractivity contribution < 1.29 is 0 Å². The standard InChI is InChI=1S/C16H20N2/c1-2-10-17-15(5-1)8-6-13-7-9-16-14(12-13)4-3-11-18-16/h3-4,7,9,11-12,15,17H,1-2,5-6,8,10H2. The number of fused-ring (bicyclic) bond motifs is 1. The van der Waals surface area contributed by atoms with Gasteiger partial charge in [-0.2, -0.15) is 0 Å². The van der Waals surface area contributed by atoms with Gasteiger partial charge in [0.05, 0.1) is 5.52 Å². The maximum atomic E-state index is 4.36. The van der Waals surface area contributed by atoms with Crippen molar-refractivity contribution in [3.05, 3.63) is 42.1 Å². The Labute approximate surface area is 108 Å². The second-order valence-corrected chi connectivity index (χ2v) is 5.22. The zero-order valence-electron chi connectivity index (χ0n) is 10.7. The maximum absolute atomic E-state index is 4.36. The SMILES string of the molecule is c1cnc2ccc(CCC3CCCCN3)cc2c1. The number of rotatable bonds is 3. The Hall–Kier alpha value is -1.41. The largest absolute Gasteiger partial charge is 0.314 e. The molecule has 2 aromatic rings. The minimum Gasteiger partial charge on any atom is -0.314 e. The van der Waals surface area contributed by atoms with Crippen LogP contribution in [0.1, 0.15) is 31.2 Å². The molecule has 0 bridgehead atoms. The van der Waals surface area contributed by atoms with Crippen LogP contribution >= 0.6 is 0 Å². The molecule has 1 saturated heterocycles. The number of benzene rings is 1. The van der Waals surface area contributed by atoms with E-state index in [1.807, 2.05) is 12.3 Å². The van der Waals surface area contributed by atoms with Gasteiger partial charge in [-0.1, -0.05) is 18.6 Å². The van der Waals surface area contributed by atoms with Crippen molar-refractivity contribution in [1.29, 1.82) is 0 Å². The Bertz CT molecular complexity index is 515. The van der Waals surface area contributed by atoms with Crippen LogP contribution in [0, 0.1) is 0 Å². The van der Waals surface area contributed by atoms with E-state index in [2.05, 4.69) is 34.6 Å². The second-order valence-electron chi connectivity index (χ2n) is 5.22. The molecule has 0 aliphatic carbocycles.